The summed E-state index contributed by atoms with van der Waals surface area (Å²) in [5, 5.41) is 11.3. The van der Waals surface area contributed by atoms with Crippen molar-refractivity contribution in [1.29, 1.82) is 5.26 Å². The van der Waals surface area contributed by atoms with E-state index in [0.717, 1.165) is 12.1 Å². The van der Waals surface area contributed by atoms with Gasteiger partial charge >= 0.3 is 0 Å². The monoisotopic (exact) mass is 206 g/mol. The molecule has 0 bridgehead atoms. The first kappa shape index (κ1) is 8.99. The van der Waals surface area contributed by atoms with Crippen LogP contribution < -0.4 is 5.32 Å². The highest BCUT2D eigenvalue weighted by Gasteiger charge is 2.17. The Bertz CT molecular complexity index is 594. The summed E-state index contributed by atoms with van der Waals surface area (Å²) in [5.41, 5.74) is 6.14. The number of benzene rings is 2. The molecule has 0 unspecified atom stereocenters. The van der Waals surface area contributed by atoms with Gasteiger partial charge in [-0.25, -0.2) is 0 Å². The van der Waals surface area contributed by atoms with Crippen LogP contribution in [0.25, 0.3) is 11.1 Å². The minimum atomic E-state index is 0.869. The standard InChI is InChI=1S/C14H10N2/c15-9-16-12-5-6-14-11(8-12)7-10-3-1-2-4-13(10)14/h1-6,8,16H,7H2. The number of rotatable bonds is 1. The van der Waals surface area contributed by atoms with Crippen molar-refractivity contribution in [3.8, 4) is 17.3 Å². The molecule has 0 saturated carbocycles. The second-order valence-electron chi connectivity index (χ2n) is 3.94. The van der Waals surface area contributed by atoms with Crippen molar-refractivity contribution >= 4 is 5.69 Å². The lowest BCUT2D eigenvalue weighted by Crippen LogP contribution is -1.88. The third-order valence-corrected chi connectivity index (χ3v) is 2.99. The average molecular weight is 206 g/mol. The van der Waals surface area contributed by atoms with Crippen molar-refractivity contribution in [2.24, 2.45) is 0 Å². The second-order valence-corrected chi connectivity index (χ2v) is 3.94. The predicted molar refractivity (Wildman–Crippen MR) is 63.9 cm³/mol. The molecule has 1 aliphatic rings. The number of hydrogen-bond acceptors (Lipinski definition) is 2. The smallest absolute Gasteiger partial charge is 0.181 e. The molecule has 16 heavy (non-hydrogen) atoms. The number of anilines is 1. The fourth-order valence-corrected chi connectivity index (χ4v) is 2.29. The van der Waals surface area contributed by atoms with E-state index >= 15 is 0 Å². The van der Waals surface area contributed by atoms with Crippen molar-refractivity contribution in [2.45, 2.75) is 6.42 Å². The van der Waals surface area contributed by atoms with E-state index in [0.29, 0.717) is 0 Å². The number of nitrogens with zero attached hydrogens (tertiary/aromatic N) is 1. The Hall–Kier alpha value is -2.27. The van der Waals surface area contributed by atoms with Crippen LogP contribution in [0, 0.1) is 11.5 Å². The largest absolute Gasteiger partial charge is 0.293 e. The topological polar surface area (TPSA) is 35.8 Å². The molecule has 0 saturated heterocycles. The molecule has 0 spiro atoms. The zero-order valence-corrected chi connectivity index (χ0v) is 8.70. The fourth-order valence-electron chi connectivity index (χ4n) is 2.29. The van der Waals surface area contributed by atoms with Crippen molar-refractivity contribution in [2.75, 3.05) is 5.32 Å². The average Bonchev–Trinajstić information content (AvgIpc) is 2.67. The molecule has 0 aromatic heterocycles. The quantitative estimate of drug-likeness (QED) is 0.490. The lowest BCUT2D eigenvalue weighted by atomic mass is 10.1. The molecule has 2 nitrogen and oxygen atoms in total. The molecule has 2 heteroatoms. The molecule has 3 rings (SSSR count). The third kappa shape index (κ3) is 1.26. The summed E-state index contributed by atoms with van der Waals surface area (Å²) in [6.07, 6.45) is 2.91. The van der Waals surface area contributed by atoms with E-state index in [1.165, 1.54) is 22.3 Å². The van der Waals surface area contributed by atoms with Gasteiger partial charge in [-0.1, -0.05) is 30.3 Å². The number of nitrogens with one attached hydrogen (secondary N) is 1. The zero-order chi connectivity index (χ0) is 11.0. The van der Waals surface area contributed by atoms with E-state index in [-0.39, 0.29) is 0 Å². The second kappa shape index (κ2) is 3.39. The summed E-state index contributed by atoms with van der Waals surface area (Å²) in [7, 11) is 0. The van der Waals surface area contributed by atoms with E-state index in [9.17, 15) is 0 Å². The van der Waals surface area contributed by atoms with Crippen molar-refractivity contribution in [3.05, 3.63) is 53.6 Å². The maximum Gasteiger partial charge on any atom is 0.181 e. The summed E-state index contributed by atoms with van der Waals surface area (Å²) in [4.78, 5) is 0. The lowest BCUT2D eigenvalue weighted by molar-refractivity contribution is 1.26. The number of hydrogen-bond donors (Lipinski definition) is 1. The van der Waals surface area contributed by atoms with Crippen molar-refractivity contribution in [1.82, 2.24) is 0 Å². The maximum atomic E-state index is 8.58. The van der Waals surface area contributed by atoms with E-state index in [4.69, 9.17) is 5.26 Å². The highest BCUT2D eigenvalue weighted by atomic mass is 14.9. The zero-order valence-electron chi connectivity index (χ0n) is 8.70. The van der Waals surface area contributed by atoms with Crippen LogP contribution in [-0.4, -0.2) is 0 Å². The van der Waals surface area contributed by atoms with Crippen LogP contribution in [0.15, 0.2) is 42.5 Å². The normalized spacial score (nSPS) is 11.4. The Morgan fingerprint density at radius 3 is 2.69 bits per heavy atom. The van der Waals surface area contributed by atoms with Gasteiger partial charge in [0.2, 0.25) is 0 Å². The minimum absolute atomic E-state index is 0.869. The molecule has 0 aliphatic heterocycles. The first-order valence-electron chi connectivity index (χ1n) is 5.25. The Morgan fingerprint density at radius 2 is 1.81 bits per heavy atom. The molecular formula is C14H10N2. The van der Waals surface area contributed by atoms with Crippen LogP contribution in [0.3, 0.4) is 0 Å². The summed E-state index contributed by atoms with van der Waals surface area (Å²) in [6, 6.07) is 14.5. The van der Waals surface area contributed by atoms with Crippen LogP contribution in [0.1, 0.15) is 11.1 Å². The Labute approximate surface area is 94.2 Å². The first-order chi connectivity index (χ1) is 7.88. The van der Waals surface area contributed by atoms with E-state index < -0.39 is 0 Å². The molecular weight excluding hydrogens is 196 g/mol. The molecule has 0 amide bonds. The molecule has 0 heterocycles. The Morgan fingerprint density at radius 1 is 1.00 bits per heavy atom. The number of fused-ring (bicyclic) bond motifs is 3. The molecule has 0 atom stereocenters. The van der Waals surface area contributed by atoms with Gasteiger partial charge in [-0.2, -0.15) is 5.26 Å². The van der Waals surface area contributed by atoms with Crippen LogP contribution in [0.4, 0.5) is 5.69 Å². The molecule has 0 fully saturated rings. The molecule has 2 aromatic carbocycles. The van der Waals surface area contributed by atoms with Crippen LogP contribution in [0.5, 0.6) is 0 Å². The summed E-state index contributed by atoms with van der Waals surface area (Å²) in [5.74, 6) is 0. The van der Waals surface area contributed by atoms with E-state index in [1.807, 2.05) is 12.3 Å². The van der Waals surface area contributed by atoms with Crippen LogP contribution in [0.2, 0.25) is 0 Å². The van der Waals surface area contributed by atoms with Gasteiger partial charge in [-0.15, -0.1) is 0 Å². The van der Waals surface area contributed by atoms with Crippen molar-refractivity contribution in [3.63, 3.8) is 0 Å². The lowest BCUT2D eigenvalue weighted by Gasteiger charge is -2.02. The van der Waals surface area contributed by atoms with Gasteiger partial charge in [0.1, 0.15) is 0 Å². The van der Waals surface area contributed by atoms with Gasteiger partial charge in [-0.3, -0.25) is 5.32 Å². The van der Waals surface area contributed by atoms with E-state index in [2.05, 4.69) is 41.7 Å². The van der Waals surface area contributed by atoms with Crippen LogP contribution in [-0.2, 0) is 6.42 Å². The molecule has 1 aliphatic carbocycles. The fraction of sp³-hybridized carbons (Fsp3) is 0.0714. The molecule has 2 aromatic rings. The molecule has 0 radical (unpaired) electrons. The van der Waals surface area contributed by atoms with Gasteiger partial charge in [0.15, 0.2) is 6.19 Å². The summed E-state index contributed by atoms with van der Waals surface area (Å²) < 4.78 is 0. The van der Waals surface area contributed by atoms with Crippen molar-refractivity contribution < 1.29 is 0 Å². The van der Waals surface area contributed by atoms with Gasteiger partial charge in [0.05, 0.1) is 0 Å². The van der Waals surface area contributed by atoms with Gasteiger partial charge < -0.3 is 0 Å². The Balaban J connectivity index is 2.11. The molecule has 1 N–H and O–H groups in total. The highest BCUT2D eigenvalue weighted by molar-refractivity contribution is 5.78. The van der Waals surface area contributed by atoms with Gasteiger partial charge in [0.25, 0.3) is 0 Å². The first-order valence-corrected chi connectivity index (χ1v) is 5.25. The van der Waals surface area contributed by atoms with Crippen LogP contribution >= 0.6 is 0 Å². The summed E-state index contributed by atoms with van der Waals surface area (Å²) in [6.45, 7) is 0. The minimum Gasteiger partial charge on any atom is -0.293 e. The highest BCUT2D eigenvalue weighted by Crippen LogP contribution is 2.37. The van der Waals surface area contributed by atoms with E-state index in [1.54, 1.807) is 0 Å². The predicted octanol–water partition coefficient (Wildman–Crippen LogP) is 3.15. The Kier molecular flexibility index (Phi) is 1.91. The van der Waals surface area contributed by atoms with Gasteiger partial charge in [0, 0.05) is 5.69 Å². The maximum absolute atomic E-state index is 8.58. The molecule has 76 valence electrons. The number of nitriles is 1. The SMILES string of the molecule is N#CNc1ccc2c(c1)Cc1ccccc1-2. The summed E-state index contributed by atoms with van der Waals surface area (Å²) >= 11 is 0. The third-order valence-electron chi connectivity index (χ3n) is 2.99. The van der Waals surface area contributed by atoms with Gasteiger partial charge in [-0.05, 0) is 40.8 Å².